The summed E-state index contributed by atoms with van der Waals surface area (Å²) in [4.78, 5) is 9.61. The van der Waals surface area contributed by atoms with Gasteiger partial charge in [0.25, 0.3) is 0 Å². The van der Waals surface area contributed by atoms with Crippen LogP contribution in [0.25, 0.3) is 0 Å². The topological polar surface area (TPSA) is 69.2 Å². The number of nitrogens with zero attached hydrogens (tertiary/aromatic N) is 1. The van der Waals surface area contributed by atoms with Crippen molar-refractivity contribution in [1.29, 1.82) is 0 Å². The normalized spacial score (nSPS) is 12.5. The van der Waals surface area contributed by atoms with Gasteiger partial charge in [-0.3, -0.25) is 10.1 Å². The maximum atomic E-state index is 13.2. The highest BCUT2D eigenvalue weighted by Crippen LogP contribution is 2.18. The molecular weight excluding hydrogens is 199 g/mol. The van der Waals surface area contributed by atoms with Crippen LogP contribution in [0.15, 0.2) is 18.2 Å². The molecule has 1 aromatic rings. The van der Waals surface area contributed by atoms with Gasteiger partial charge in [0.05, 0.1) is 4.92 Å². The molecule has 0 aliphatic carbocycles. The highest BCUT2D eigenvalue weighted by atomic mass is 19.1. The van der Waals surface area contributed by atoms with Crippen molar-refractivity contribution in [3.8, 4) is 0 Å². The molecular formula is C10H13FN2O2. The SMILES string of the molecule is C[C@H](N)CCc1ccc([N+](=O)[O-])c(F)c1. The first-order chi connectivity index (χ1) is 7.00. The molecule has 0 aliphatic heterocycles. The van der Waals surface area contributed by atoms with E-state index in [0.29, 0.717) is 6.42 Å². The lowest BCUT2D eigenvalue weighted by atomic mass is 10.1. The lowest BCUT2D eigenvalue weighted by molar-refractivity contribution is -0.387. The number of benzene rings is 1. The van der Waals surface area contributed by atoms with Gasteiger partial charge in [-0.15, -0.1) is 0 Å². The first kappa shape index (κ1) is 11.6. The van der Waals surface area contributed by atoms with Crippen molar-refractivity contribution in [3.63, 3.8) is 0 Å². The van der Waals surface area contributed by atoms with E-state index in [9.17, 15) is 14.5 Å². The van der Waals surface area contributed by atoms with Crippen LogP contribution in [-0.4, -0.2) is 11.0 Å². The van der Waals surface area contributed by atoms with Crippen molar-refractivity contribution in [2.45, 2.75) is 25.8 Å². The smallest absolute Gasteiger partial charge is 0.304 e. The maximum absolute atomic E-state index is 13.2. The lowest BCUT2D eigenvalue weighted by Crippen LogP contribution is -2.15. The summed E-state index contributed by atoms with van der Waals surface area (Å²) < 4.78 is 13.2. The summed E-state index contributed by atoms with van der Waals surface area (Å²) in [5.74, 6) is -0.790. The van der Waals surface area contributed by atoms with Crippen LogP contribution in [-0.2, 0) is 6.42 Å². The van der Waals surface area contributed by atoms with E-state index in [4.69, 9.17) is 5.73 Å². The molecule has 1 rings (SSSR count). The molecule has 0 saturated heterocycles. The molecule has 0 radical (unpaired) electrons. The van der Waals surface area contributed by atoms with E-state index < -0.39 is 16.4 Å². The van der Waals surface area contributed by atoms with Crippen LogP contribution < -0.4 is 5.73 Å². The number of nitro groups is 1. The van der Waals surface area contributed by atoms with Gasteiger partial charge >= 0.3 is 5.69 Å². The number of nitrogens with two attached hydrogens (primary N) is 1. The van der Waals surface area contributed by atoms with E-state index in [1.54, 1.807) is 6.07 Å². The molecule has 0 unspecified atom stereocenters. The Morgan fingerprint density at radius 1 is 1.60 bits per heavy atom. The van der Waals surface area contributed by atoms with Crippen LogP contribution in [0.5, 0.6) is 0 Å². The average Bonchev–Trinajstić information content (AvgIpc) is 2.14. The Hall–Kier alpha value is -1.49. The molecule has 0 spiro atoms. The van der Waals surface area contributed by atoms with E-state index in [0.717, 1.165) is 12.0 Å². The predicted molar refractivity (Wildman–Crippen MR) is 55.0 cm³/mol. The third-order valence-corrected chi connectivity index (χ3v) is 2.10. The summed E-state index contributed by atoms with van der Waals surface area (Å²) in [6, 6.07) is 3.99. The van der Waals surface area contributed by atoms with Crippen LogP contribution in [0.4, 0.5) is 10.1 Å². The van der Waals surface area contributed by atoms with Gasteiger partial charge in [-0.1, -0.05) is 6.07 Å². The van der Waals surface area contributed by atoms with Crippen LogP contribution in [0.1, 0.15) is 18.9 Å². The zero-order chi connectivity index (χ0) is 11.4. The molecule has 0 fully saturated rings. The van der Waals surface area contributed by atoms with Gasteiger partial charge in [0.15, 0.2) is 0 Å². The second-order valence-electron chi connectivity index (χ2n) is 3.56. The number of hydrogen-bond acceptors (Lipinski definition) is 3. The fourth-order valence-corrected chi connectivity index (χ4v) is 1.25. The van der Waals surface area contributed by atoms with Gasteiger partial charge in [0.1, 0.15) is 0 Å². The Morgan fingerprint density at radius 3 is 2.73 bits per heavy atom. The Bertz CT molecular complexity index is 366. The van der Waals surface area contributed by atoms with Gasteiger partial charge in [0.2, 0.25) is 5.82 Å². The molecule has 0 amide bonds. The minimum atomic E-state index is -0.790. The highest BCUT2D eigenvalue weighted by Gasteiger charge is 2.13. The molecule has 82 valence electrons. The largest absolute Gasteiger partial charge is 0.328 e. The molecule has 5 heteroatoms. The van der Waals surface area contributed by atoms with Gasteiger partial charge < -0.3 is 5.73 Å². The molecule has 2 N–H and O–H groups in total. The maximum Gasteiger partial charge on any atom is 0.304 e. The van der Waals surface area contributed by atoms with Crippen LogP contribution in [0.3, 0.4) is 0 Å². The highest BCUT2D eigenvalue weighted by molar-refractivity contribution is 5.35. The first-order valence-corrected chi connectivity index (χ1v) is 4.69. The number of rotatable bonds is 4. The van der Waals surface area contributed by atoms with Crippen molar-refractivity contribution in [1.82, 2.24) is 0 Å². The van der Waals surface area contributed by atoms with Crippen molar-refractivity contribution in [2.75, 3.05) is 0 Å². The summed E-state index contributed by atoms with van der Waals surface area (Å²) >= 11 is 0. The summed E-state index contributed by atoms with van der Waals surface area (Å²) in [7, 11) is 0. The molecule has 0 bridgehead atoms. The van der Waals surface area contributed by atoms with Gasteiger partial charge in [-0.05, 0) is 31.4 Å². The van der Waals surface area contributed by atoms with E-state index in [-0.39, 0.29) is 6.04 Å². The molecule has 0 saturated carbocycles. The Balaban J connectivity index is 2.78. The van der Waals surface area contributed by atoms with Crippen molar-refractivity contribution >= 4 is 5.69 Å². The number of halogens is 1. The summed E-state index contributed by atoms with van der Waals surface area (Å²) in [5.41, 5.74) is 5.80. The van der Waals surface area contributed by atoms with E-state index in [1.807, 2.05) is 6.92 Å². The summed E-state index contributed by atoms with van der Waals surface area (Å²) in [6.45, 7) is 1.86. The number of nitro benzene ring substituents is 1. The van der Waals surface area contributed by atoms with Gasteiger partial charge in [0, 0.05) is 12.1 Å². The molecule has 1 atom stereocenters. The quantitative estimate of drug-likeness (QED) is 0.613. The van der Waals surface area contributed by atoms with E-state index in [1.165, 1.54) is 12.1 Å². The monoisotopic (exact) mass is 212 g/mol. The summed E-state index contributed by atoms with van der Waals surface area (Å²) in [5, 5.41) is 10.3. The summed E-state index contributed by atoms with van der Waals surface area (Å²) in [6.07, 6.45) is 1.36. The van der Waals surface area contributed by atoms with Crippen molar-refractivity contribution in [3.05, 3.63) is 39.7 Å². The first-order valence-electron chi connectivity index (χ1n) is 4.69. The zero-order valence-electron chi connectivity index (χ0n) is 8.44. The average molecular weight is 212 g/mol. The van der Waals surface area contributed by atoms with Crippen molar-refractivity contribution < 1.29 is 9.31 Å². The number of aryl methyl sites for hydroxylation is 1. The molecule has 0 aromatic heterocycles. The molecule has 1 aromatic carbocycles. The van der Waals surface area contributed by atoms with Crippen LogP contribution >= 0.6 is 0 Å². The van der Waals surface area contributed by atoms with E-state index >= 15 is 0 Å². The zero-order valence-corrected chi connectivity index (χ0v) is 8.44. The third-order valence-electron chi connectivity index (χ3n) is 2.10. The van der Waals surface area contributed by atoms with E-state index in [2.05, 4.69) is 0 Å². The number of hydrogen-bond donors (Lipinski definition) is 1. The fraction of sp³-hybridized carbons (Fsp3) is 0.400. The third kappa shape index (κ3) is 3.28. The second kappa shape index (κ2) is 4.84. The molecule has 15 heavy (non-hydrogen) atoms. The van der Waals surface area contributed by atoms with Crippen LogP contribution in [0, 0.1) is 15.9 Å². The standard InChI is InChI=1S/C10H13FN2O2/c1-7(12)2-3-8-4-5-10(13(14)15)9(11)6-8/h4-7H,2-3,12H2,1H3/t7-/m0/s1. The van der Waals surface area contributed by atoms with Gasteiger partial charge in [-0.2, -0.15) is 4.39 Å². The van der Waals surface area contributed by atoms with Crippen molar-refractivity contribution in [2.24, 2.45) is 5.73 Å². The Morgan fingerprint density at radius 2 is 2.27 bits per heavy atom. The molecule has 0 heterocycles. The van der Waals surface area contributed by atoms with Gasteiger partial charge in [-0.25, -0.2) is 0 Å². The second-order valence-corrected chi connectivity index (χ2v) is 3.56. The molecule has 4 nitrogen and oxygen atoms in total. The van der Waals surface area contributed by atoms with Crippen LogP contribution in [0.2, 0.25) is 0 Å². The Kier molecular flexibility index (Phi) is 3.74. The lowest BCUT2D eigenvalue weighted by Gasteiger charge is -2.04. The molecule has 0 aliphatic rings. The predicted octanol–water partition coefficient (Wildman–Crippen LogP) is 2.01. The Labute approximate surface area is 87.0 Å². The minimum absolute atomic E-state index is 0.0447. The fourth-order valence-electron chi connectivity index (χ4n) is 1.25. The minimum Gasteiger partial charge on any atom is -0.328 e.